The summed E-state index contributed by atoms with van der Waals surface area (Å²) >= 11 is 3.39. The van der Waals surface area contributed by atoms with Gasteiger partial charge in [0.05, 0.1) is 6.61 Å². The SMILES string of the molecule is CCn1cc(Br)cc1C(=O)NCCCOc1ccccc1. The van der Waals surface area contributed by atoms with E-state index in [0.717, 1.165) is 23.2 Å². The number of nitrogens with one attached hydrogen (secondary N) is 1. The monoisotopic (exact) mass is 350 g/mol. The highest BCUT2D eigenvalue weighted by Gasteiger charge is 2.11. The number of carbonyl (C=O) groups excluding carboxylic acids is 1. The lowest BCUT2D eigenvalue weighted by Gasteiger charge is -2.08. The van der Waals surface area contributed by atoms with Crippen LogP contribution in [0.25, 0.3) is 0 Å². The molecule has 1 heterocycles. The van der Waals surface area contributed by atoms with Gasteiger partial charge in [0.15, 0.2) is 0 Å². The van der Waals surface area contributed by atoms with Crippen molar-refractivity contribution in [1.82, 2.24) is 9.88 Å². The lowest BCUT2D eigenvalue weighted by atomic mass is 10.3. The van der Waals surface area contributed by atoms with Crippen molar-refractivity contribution in [3.8, 4) is 5.75 Å². The second kappa shape index (κ2) is 7.88. The van der Waals surface area contributed by atoms with Gasteiger partial charge in [0, 0.05) is 23.8 Å². The van der Waals surface area contributed by atoms with Crippen LogP contribution in [-0.4, -0.2) is 23.6 Å². The molecule has 21 heavy (non-hydrogen) atoms. The highest BCUT2D eigenvalue weighted by molar-refractivity contribution is 9.10. The van der Waals surface area contributed by atoms with E-state index in [1.54, 1.807) is 0 Å². The van der Waals surface area contributed by atoms with Gasteiger partial charge in [-0.1, -0.05) is 18.2 Å². The molecule has 0 unspecified atom stereocenters. The molecule has 1 amide bonds. The van der Waals surface area contributed by atoms with Crippen LogP contribution < -0.4 is 10.1 Å². The number of aromatic nitrogens is 1. The van der Waals surface area contributed by atoms with Crippen LogP contribution in [-0.2, 0) is 6.54 Å². The first kappa shape index (κ1) is 15.6. The van der Waals surface area contributed by atoms with Crippen LogP contribution in [0.3, 0.4) is 0 Å². The van der Waals surface area contributed by atoms with E-state index >= 15 is 0 Å². The standard InChI is InChI=1S/C16H19BrN2O2/c1-2-19-12-13(17)11-15(19)16(20)18-9-6-10-21-14-7-4-3-5-8-14/h3-5,7-8,11-12H,2,6,9-10H2,1H3,(H,18,20). The van der Waals surface area contributed by atoms with Crippen molar-refractivity contribution in [2.75, 3.05) is 13.2 Å². The molecule has 0 spiro atoms. The van der Waals surface area contributed by atoms with Crippen molar-refractivity contribution < 1.29 is 9.53 Å². The van der Waals surface area contributed by atoms with Crippen LogP contribution in [0.15, 0.2) is 47.1 Å². The summed E-state index contributed by atoms with van der Waals surface area (Å²) in [4.78, 5) is 12.1. The number of amides is 1. The second-order valence-corrected chi connectivity index (χ2v) is 5.52. The van der Waals surface area contributed by atoms with Crippen molar-refractivity contribution >= 4 is 21.8 Å². The number of hydrogen-bond donors (Lipinski definition) is 1. The first-order valence-electron chi connectivity index (χ1n) is 7.02. The lowest BCUT2D eigenvalue weighted by Crippen LogP contribution is -2.27. The van der Waals surface area contributed by atoms with E-state index in [9.17, 15) is 4.79 Å². The largest absolute Gasteiger partial charge is 0.494 e. The summed E-state index contributed by atoms with van der Waals surface area (Å²) in [6, 6.07) is 11.5. The molecule has 4 nitrogen and oxygen atoms in total. The van der Waals surface area contributed by atoms with E-state index in [1.165, 1.54) is 0 Å². The first-order valence-corrected chi connectivity index (χ1v) is 7.81. The number of halogens is 1. The predicted octanol–water partition coefficient (Wildman–Crippen LogP) is 3.47. The predicted molar refractivity (Wildman–Crippen MR) is 86.7 cm³/mol. The molecule has 1 aromatic heterocycles. The maximum atomic E-state index is 12.1. The Bertz CT molecular complexity index is 581. The van der Waals surface area contributed by atoms with Crippen molar-refractivity contribution in [3.05, 3.63) is 52.8 Å². The Kier molecular flexibility index (Phi) is 5.87. The fourth-order valence-electron chi connectivity index (χ4n) is 2.00. The molecule has 2 rings (SSSR count). The topological polar surface area (TPSA) is 43.3 Å². The van der Waals surface area contributed by atoms with Gasteiger partial charge < -0.3 is 14.6 Å². The van der Waals surface area contributed by atoms with E-state index in [4.69, 9.17) is 4.74 Å². The molecular formula is C16H19BrN2O2. The molecule has 0 aliphatic heterocycles. The molecule has 1 N–H and O–H groups in total. The van der Waals surface area contributed by atoms with Gasteiger partial charge in [-0.25, -0.2) is 0 Å². The molecule has 1 aromatic carbocycles. The average molecular weight is 351 g/mol. The molecule has 0 saturated carbocycles. The van der Waals surface area contributed by atoms with Gasteiger partial charge in [-0.15, -0.1) is 0 Å². The molecule has 0 fully saturated rings. The van der Waals surface area contributed by atoms with Crippen molar-refractivity contribution in [2.24, 2.45) is 0 Å². The summed E-state index contributed by atoms with van der Waals surface area (Å²) < 4.78 is 8.41. The normalized spacial score (nSPS) is 10.4. The molecular weight excluding hydrogens is 332 g/mol. The van der Waals surface area contributed by atoms with Gasteiger partial charge in [-0.2, -0.15) is 0 Å². The number of aryl methyl sites for hydroxylation is 1. The zero-order chi connectivity index (χ0) is 15.1. The van der Waals surface area contributed by atoms with Crippen molar-refractivity contribution in [2.45, 2.75) is 19.9 Å². The first-order chi connectivity index (χ1) is 10.2. The molecule has 0 bridgehead atoms. The van der Waals surface area contributed by atoms with Gasteiger partial charge in [-0.3, -0.25) is 4.79 Å². The summed E-state index contributed by atoms with van der Waals surface area (Å²) in [5.41, 5.74) is 0.674. The summed E-state index contributed by atoms with van der Waals surface area (Å²) in [6.07, 6.45) is 2.68. The summed E-state index contributed by atoms with van der Waals surface area (Å²) in [5.74, 6) is 0.801. The average Bonchev–Trinajstić information content (AvgIpc) is 2.89. The lowest BCUT2D eigenvalue weighted by molar-refractivity contribution is 0.0942. The second-order valence-electron chi connectivity index (χ2n) is 4.60. The zero-order valence-electron chi connectivity index (χ0n) is 12.0. The van der Waals surface area contributed by atoms with E-state index in [1.807, 2.05) is 54.1 Å². The fraction of sp³-hybridized carbons (Fsp3) is 0.312. The highest BCUT2D eigenvalue weighted by atomic mass is 79.9. The smallest absolute Gasteiger partial charge is 0.267 e. The maximum Gasteiger partial charge on any atom is 0.267 e. The molecule has 0 aliphatic carbocycles. The van der Waals surface area contributed by atoms with Gasteiger partial charge in [-0.05, 0) is 47.5 Å². The quantitative estimate of drug-likeness (QED) is 0.777. The summed E-state index contributed by atoms with van der Waals surface area (Å²) in [6.45, 7) is 3.96. The molecule has 5 heteroatoms. The van der Waals surface area contributed by atoms with Crippen molar-refractivity contribution in [1.29, 1.82) is 0 Å². The molecule has 0 saturated heterocycles. The van der Waals surface area contributed by atoms with E-state index in [2.05, 4.69) is 21.2 Å². The van der Waals surface area contributed by atoms with Crippen LogP contribution >= 0.6 is 15.9 Å². The minimum Gasteiger partial charge on any atom is -0.494 e. The Hall–Kier alpha value is -1.75. The third-order valence-electron chi connectivity index (χ3n) is 3.06. The number of nitrogens with zero attached hydrogens (tertiary/aromatic N) is 1. The van der Waals surface area contributed by atoms with Gasteiger partial charge in [0.25, 0.3) is 5.91 Å². The third kappa shape index (κ3) is 4.63. The molecule has 0 radical (unpaired) electrons. The summed E-state index contributed by atoms with van der Waals surface area (Å²) in [5, 5.41) is 2.91. The minimum absolute atomic E-state index is 0.0535. The van der Waals surface area contributed by atoms with Crippen LogP contribution in [0.2, 0.25) is 0 Å². The Labute approximate surface area is 133 Å². The van der Waals surface area contributed by atoms with Crippen LogP contribution in [0.5, 0.6) is 5.75 Å². The van der Waals surface area contributed by atoms with E-state index < -0.39 is 0 Å². The Morgan fingerprint density at radius 1 is 1.33 bits per heavy atom. The molecule has 0 aliphatic rings. The van der Waals surface area contributed by atoms with Gasteiger partial charge in [0.1, 0.15) is 11.4 Å². The third-order valence-corrected chi connectivity index (χ3v) is 3.49. The number of hydrogen-bond acceptors (Lipinski definition) is 2. The Morgan fingerprint density at radius 2 is 2.10 bits per heavy atom. The highest BCUT2D eigenvalue weighted by Crippen LogP contribution is 2.14. The van der Waals surface area contributed by atoms with Crippen LogP contribution in [0.4, 0.5) is 0 Å². The van der Waals surface area contributed by atoms with Crippen LogP contribution in [0, 0.1) is 0 Å². The number of carbonyl (C=O) groups is 1. The number of rotatable bonds is 7. The van der Waals surface area contributed by atoms with E-state index in [-0.39, 0.29) is 5.91 Å². The molecule has 0 atom stereocenters. The van der Waals surface area contributed by atoms with Crippen LogP contribution in [0.1, 0.15) is 23.8 Å². The number of benzene rings is 1. The Morgan fingerprint density at radius 3 is 2.81 bits per heavy atom. The molecule has 112 valence electrons. The molecule has 2 aromatic rings. The number of ether oxygens (including phenoxy) is 1. The zero-order valence-corrected chi connectivity index (χ0v) is 13.6. The minimum atomic E-state index is -0.0535. The van der Waals surface area contributed by atoms with E-state index in [0.29, 0.717) is 18.8 Å². The summed E-state index contributed by atoms with van der Waals surface area (Å²) in [7, 11) is 0. The fourth-order valence-corrected chi connectivity index (χ4v) is 2.46. The van der Waals surface area contributed by atoms with Gasteiger partial charge in [0.2, 0.25) is 0 Å². The van der Waals surface area contributed by atoms with Gasteiger partial charge >= 0.3 is 0 Å². The van der Waals surface area contributed by atoms with Crippen molar-refractivity contribution in [3.63, 3.8) is 0 Å². The number of para-hydroxylation sites is 1. The maximum absolute atomic E-state index is 12.1. The Balaban J connectivity index is 1.72.